The zero-order valence-electron chi connectivity index (χ0n) is 12.9. The standard InChI is InChI=1S/C17H25NO2S/c1-13-7-8-14(21-2)11-15(13)16(19)18-12-17(20)9-5-3-4-6-10-17/h7-8,11,20H,3-6,9-10,12H2,1-2H3,(H,18,19). The van der Waals surface area contributed by atoms with E-state index in [1.165, 1.54) is 12.8 Å². The third-order valence-corrected chi connectivity index (χ3v) is 5.03. The molecule has 0 heterocycles. The second-order valence-corrected chi connectivity index (χ2v) is 6.88. The van der Waals surface area contributed by atoms with Gasteiger partial charge >= 0.3 is 0 Å². The van der Waals surface area contributed by atoms with Crippen molar-refractivity contribution in [3.05, 3.63) is 29.3 Å². The van der Waals surface area contributed by atoms with Crippen LogP contribution in [-0.4, -0.2) is 29.4 Å². The van der Waals surface area contributed by atoms with Gasteiger partial charge in [-0.15, -0.1) is 11.8 Å². The summed E-state index contributed by atoms with van der Waals surface area (Å²) in [6.45, 7) is 2.30. The SMILES string of the molecule is CSc1ccc(C)c(C(=O)NCC2(O)CCCCCC2)c1. The summed E-state index contributed by atoms with van der Waals surface area (Å²) in [7, 11) is 0. The molecular formula is C17H25NO2S. The molecule has 0 spiro atoms. The van der Waals surface area contributed by atoms with Gasteiger partial charge in [0.25, 0.3) is 5.91 Å². The Hall–Kier alpha value is -1.00. The van der Waals surface area contributed by atoms with Gasteiger partial charge in [-0.3, -0.25) is 4.79 Å². The molecule has 0 bridgehead atoms. The Labute approximate surface area is 131 Å². The number of aryl methyl sites for hydroxylation is 1. The number of thioether (sulfide) groups is 1. The lowest BCUT2D eigenvalue weighted by Crippen LogP contribution is -2.42. The van der Waals surface area contributed by atoms with E-state index >= 15 is 0 Å². The average Bonchev–Trinajstić information content (AvgIpc) is 2.71. The number of rotatable bonds is 4. The summed E-state index contributed by atoms with van der Waals surface area (Å²) in [5.74, 6) is -0.0823. The fourth-order valence-corrected chi connectivity index (χ4v) is 3.32. The minimum Gasteiger partial charge on any atom is -0.388 e. The summed E-state index contributed by atoms with van der Waals surface area (Å²) in [5, 5.41) is 13.5. The molecule has 1 aliphatic rings. The molecule has 116 valence electrons. The lowest BCUT2D eigenvalue weighted by Gasteiger charge is -2.27. The third-order valence-electron chi connectivity index (χ3n) is 4.30. The largest absolute Gasteiger partial charge is 0.388 e. The molecule has 3 nitrogen and oxygen atoms in total. The van der Waals surface area contributed by atoms with Gasteiger partial charge in [0.05, 0.1) is 5.60 Å². The Morgan fingerprint density at radius 2 is 1.95 bits per heavy atom. The second kappa shape index (κ2) is 7.32. The van der Waals surface area contributed by atoms with Crippen molar-refractivity contribution in [3.8, 4) is 0 Å². The van der Waals surface area contributed by atoms with Crippen LogP contribution < -0.4 is 5.32 Å². The van der Waals surface area contributed by atoms with Crippen LogP contribution in [0.1, 0.15) is 54.4 Å². The molecule has 2 N–H and O–H groups in total. The van der Waals surface area contributed by atoms with Crippen LogP contribution in [0.5, 0.6) is 0 Å². The van der Waals surface area contributed by atoms with Gasteiger partial charge in [-0.2, -0.15) is 0 Å². The summed E-state index contributed by atoms with van der Waals surface area (Å²) in [6, 6.07) is 5.92. The van der Waals surface area contributed by atoms with Crippen molar-refractivity contribution >= 4 is 17.7 Å². The van der Waals surface area contributed by atoms with E-state index in [1.54, 1.807) is 11.8 Å². The lowest BCUT2D eigenvalue weighted by atomic mass is 9.94. The summed E-state index contributed by atoms with van der Waals surface area (Å²) in [6.07, 6.45) is 8.05. The van der Waals surface area contributed by atoms with Crippen LogP contribution in [0.4, 0.5) is 0 Å². The van der Waals surface area contributed by atoms with Crippen LogP contribution in [0, 0.1) is 6.92 Å². The highest BCUT2D eigenvalue weighted by Gasteiger charge is 2.28. The van der Waals surface area contributed by atoms with Crippen molar-refractivity contribution in [2.24, 2.45) is 0 Å². The first-order valence-corrected chi connectivity index (χ1v) is 8.92. The van der Waals surface area contributed by atoms with Crippen LogP contribution in [0.25, 0.3) is 0 Å². The average molecular weight is 307 g/mol. The fraction of sp³-hybridized carbons (Fsp3) is 0.588. The number of carbonyl (C=O) groups is 1. The number of nitrogens with one attached hydrogen (secondary N) is 1. The van der Waals surface area contributed by atoms with Gasteiger partial charge in [-0.25, -0.2) is 0 Å². The second-order valence-electron chi connectivity index (χ2n) is 6.00. The first-order valence-electron chi connectivity index (χ1n) is 7.69. The van der Waals surface area contributed by atoms with Crippen molar-refractivity contribution in [2.45, 2.75) is 55.9 Å². The monoisotopic (exact) mass is 307 g/mol. The maximum atomic E-state index is 12.4. The van der Waals surface area contributed by atoms with Crippen LogP contribution >= 0.6 is 11.8 Å². The Balaban J connectivity index is 2.01. The molecule has 1 fully saturated rings. The van der Waals surface area contributed by atoms with Gasteiger partial charge in [0.2, 0.25) is 0 Å². The zero-order valence-corrected chi connectivity index (χ0v) is 13.8. The predicted octanol–water partition coefficient (Wildman–Crippen LogP) is 3.53. The smallest absolute Gasteiger partial charge is 0.251 e. The summed E-state index contributed by atoms with van der Waals surface area (Å²) in [5.41, 5.74) is 0.953. The van der Waals surface area contributed by atoms with Crippen molar-refractivity contribution in [2.75, 3.05) is 12.8 Å². The Morgan fingerprint density at radius 1 is 1.29 bits per heavy atom. The summed E-state index contributed by atoms with van der Waals surface area (Å²) < 4.78 is 0. The lowest BCUT2D eigenvalue weighted by molar-refractivity contribution is 0.0246. The number of hydrogen-bond donors (Lipinski definition) is 2. The molecule has 0 atom stereocenters. The Bertz CT molecular complexity index is 494. The Morgan fingerprint density at radius 3 is 2.57 bits per heavy atom. The molecule has 2 rings (SSSR count). The summed E-state index contributed by atoms with van der Waals surface area (Å²) in [4.78, 5) is 13.5. The molecule has 1 aliphatic carbocycles. The van der Waals surface area contributed by atoms with Gasteiger partial charge in [0, 0.05) is 17.0 Å². The van der Waals surface area contributed by atoms with E-state index in [4.69, 9.17) is 0 Å². The van der Waals surface area contributed by atoms with Gasteiger partial charge in [-0.1, -0.05) is 31.7 Å². The fourth-order valence-electron chi connectivity index (χ4n) is 2.88. The van der Waals surface area contributed by atoms with Gasteiger partial charge in [0.1, 0.15) is 0 Å². The van der Waals surface area contributed by atoms with E-state index in [1.807, 2.05) is 31.4 Å². The predicted molar refractivity (Wildman–Crippen MR) is 87.9 cm³/mol. The molecule has 1 aromatic carbocycles. The molecule has 1 aromatic rings. The highest BCUT2D eigenvalue weighted by molar-refractivity contribution is 7.98. The van der Waals surface area contributed by atoms with Crippen LogP contribution in [-0.2, 0) is 0 Å². The van der Waals surface area contributed by atoms with Crippen molar-refractivity contribution in [3.63, 3.8) is 0 Å². The molecule has 0 unspecified atom stereocenters. The van der Waals surface area contributed by atoms with Gasteiger partial charge in [-0.05, 0) is 43.7 Å². The first kappa shape index (κ1) is 16.4. The molecule has 0 aliphatic heterocycles. The number of aliphatic hydroxyl groups is 1. The highest BCUT2D eigenvalue weighted by atomic mass is 32.2. The van der Waals surface area contributed by atoms with E-state index in [0.717, 1.165) is 36.1 Å². The molecule has 1 amide bonds. The van der Waals surface area contributed by atoms with E-state index in [-0.39, 0.29) is 5.91 Å². The normalized spacial score (nSPS) is 18.0. The van der Waals surface area contributed by atoms with Gasteiger partial charge in [0.15, 0.2) is 0 Å². The summed E-state index contributed by atoms with van der Waals surface area (Å²) >= 11 is 1.63. The van der Waals surface area contributed by atoms with E-state index in [9.17, 15) is 9.90 Å². The molecule has 21 heavy (non-hydrogen) atoms. The molecule has 0 aromatic heterocycles. The molecule has 1 saturated carbocycles. The number of amides is 1. The van der Waals surface area contributed by atoms with Crippen LogP contribution in [0.3, 0.4) is 0 Å². The van der Waals surface area contributed by atoms with E-state index in [0.29, 0.717) is 12.1 Å². The highest BCUT2D eigenvalue weighted by Crippen LogP contribution is 2.26. The minimum atomic E-state index is -0.725. The number of benzene rings is 1. The van der Waals surface area contributed by atoms with E-state index in [2.05, 4.69) is 5.32 Å². The minimum absolute atomic E-state index is 0.0823. The van der Waals surface area contributed by atoms with Crippen LogP contribution in [0.2, 0.25) is 0 Å². The molecular weight excluding hydrogens is 282 g/mol. The molecule has 0 radical (unpaired) electrons. The van der Waals surface area contributed by atoms with E-state index < -0.39 is 5.60 Å². The molecule has 0 saturated heterocycles. The van der Waals surface area contributed by atoms with Crippen LogP contribution in [0.15, 0.2) is 23.1 Å². The molecule has 4 heteroatoms. The van der Waals surface area contributed by atoms with Crippen molar-refractivity contribution in [1.29, 1.82) is 0 Å². The quantitative estimate of drug-likeness (QED) is 0.661. The number of hydrogen-bond acceptors (Lipinski definition) is 3. The maximum Gasteiger partial charge on any atom is 0.251 e. The number of carbonyl (C=O) groups excluding carboxylic acids is 1. The Kier molecular flexibility index (Phi) is 5.71. The maximum absolute atomic E-state index is 12.4. The third kappa shape index (κ3) is 4.48. The first-order chi connectivity index (χ1) is 10.0. The topological polar surface area (TPSA) is 49.3 Å². The van der Waals surface area contributed by atoms with Crippen molar-refractivity contribution in [1.82, 2.24) is 5.32 Å². The van der Waals surface area contributed by atoms with Gasteiger partial charge < -0.3 is 10.4 Å². The zero-order chi connectivity index (χ0) is 15.3. The van der Waals surface area contributed by atoms with Crippen molar-refractivity contribution < 1.29 is 9.90 Å².